The number of aryl methyl sites for hydroxylation is 1. The molecule has 1 aliphatic rings. The third-order valence-electron chi connectivity index (χ3n) is 5.17. The second-order valence-electron chi connectivity index (χ2n) is 7.10. The number of methoxy groups -OCH3 is 1. The van der Waals surface area contributed by atoms with Crippen molar-refractivity contribution in [2.75, 3.05) is 38.2 Å². The lowest BCUT2D eigenvalue weighted by Crippen LogP contribution is -2.48. The SMILES string of the molecule is COc1cncc(N2CCN(C(=O)C=Cc3c(C)nn(-c4ccccc4)c3Cl)CC2)n1. The molecule has 0 aliphatic carbocycles. The topological polar surface area (TPSA) is 76.4 Å². The standard InChI is InChI=1S/C22H23ClN6O2/c1-16-18(22(23)29(26-16)17-6-4-3-5-7-17)8-9-21(30)28-12-10-27(11-13-28)19-14-24-15-20(25-19)31-2/h3-9,14-15H,10-13H2,1-2H3. The summed E-state index contributed by atoms with van der Waals surface area (Å²) in [5, 5.41) is 4.99. The first-order valence-electron chi connectivity index (χ1n) is 9.95. The maximum absolute atomic E-state index is 12.7. The van der Waals surface area contributed by atoms with Crippen molar-refractivity contribution >= 4 is 29.4 Å². The quantitative estimate of drug-likeness (QED) is 0.570. The van der Waals surface area contributed by atoms with Gasteiger partial charge in [-0.2, -0.15) is 10.1 Å². The predicted molar refractivity (Wildman–Crippen MR) is 120 cm³/mol. The van der Waals surface area contributed by atoms with Gasteiger partial charge in [-0.05, 0) is 25.1 Å². The maximum atomic E-state index is 12.7. The fourth-order valence-corrected chi connectivity index (χ4v) is 3.78. The molecule has 1 saturated heterocycles. The third-order valence-corrected chi connectivity index (χ3v) is 5.53. The van der Waals surface area contributed by atoms with Crippen molar-refractivity contribution in [1.82, 2.24) is 24.6 Å². The van der Waals surface area contributed by atoms with Crippen LogP contribution in [0.15, 0.2) is 48.8 Å². The first-order valence-corrected chi connectivity index (χ1v) is 10.3. The third kappa shape index (κ3) is 4.54. The van der Waals surface area contributed by atoms with Crippen LogP contribution in [0.1, 0.15) is 11.3 Å². The van der Waals surface area contributed by atoms with Crippen molar-refractivity contribution in [3.8, 4) is 11.6 Å². The van der Waals surface area contributed by atoms with Crippen molar-refractivity contribution in [3.05, 3.63) is 65.2 Å². The van der Waals surface area contributed by atoms with E-state index in [4.69, 9.17) is 16.3 Å². The van der Waals surface area contributed by atoms with Gasteiger partial charge in [0, 0.05) is 37.8 Å². The number of nitrogens with zero attached hydrogens (tertiary/aromatic N) is 6. The van der Waals surface area contributed by atoms with E-state index in [2.05, 4.69) is 20.0 Å². The number of halogens is 1. The van der Waals surface area contributed by atoms with E-state index < -0.39 is 0 Å². The molecule has 0 bridgehead atoms. The van der Waals surface area contributed by atoms with Crippen LogP contribution < -0.4 is 9.64 Å². The average Bonchev–Trinajstić information content (AvgIpc) is 3.11. The lowest BCUT2D eigenvalue weighted by molar-refractivity contribution is -0.126. The number of para-hydroxylation sites is 1. The maximum Gasteiger partial charge on any atom is 0.246 e. The molecular weight excluding hydrogens is 416 g/mol. The molecule has 1 amide bonds. The number of amides is 1. The summed E-state index contributed by atoms with van der Waals surface area (Å²) in [5.41, 5.74) is 2.38. The van der Waals surface area contributed by atoms with Crippen LogP contribution in [-0.2, 0) is 4.79 Å². The Balaban J connectivity index is 1.41. The first kappa shape index (κ1) is 20.9. The summed E-state index contributed by atoms with van der Waals surface area (Å²) < 4.78 is 6.81. The van der Waals surface area contributed by atoms with E-state index in [1.807, 2.05) is 42.2 Å². The molecule has 160 valence electrons. The van der Waals surface area contributed by atoms with Crippen LogP contribution in [0.4, 0.5) is 5.82 Å². The Morgan fingerprint density at radius 2 is 1.87 bits per heavy atom. The van der Waals surface area contributed by atoms with Crippen LogP contribution in [0.25, 0.3) is 11.8 Å². The molecule has 3 aromatic rings. The van der Waals surface area contributed by atoms with Gasteiger partial charge in [-0.3, -0.25) is 9.78 Å². The minimum absolute atomic E-state index is 0.0562. The van der Waals surface area contributed by atoms with Gasteiger partial charge in [-0.25, -0.2) is 4.68 Å². The van der Waals surface area contributed by atoms with E-state index in [9.17, 15) is 4.79 Å². The molecule has 1 aromatic carbocycles. The van der Waals surface area contributed by atoms with Gasteiger partial charge in [-0.15, -0.1) is 0 Å². The fourth-order valence-electron chi connectivity index (χ4n) is 3.45. The highest BCUT2D eigenvalue weighted by Gasteiger charge is 2.21. The van der Waals surface area contributed by atoms with E-state index in [0.717, 1.165) is 22.8 Å². The number of rotatable bonds is 5. The Morgan fingerprint density at radius 3 is 2.58 bits per heavy atom. The summed E-state index contributed by atoms with van der Waals surface area (Å²) in [5.74, 6) is 1.17. The molecule has 4 rings (SSSR count). The molecule has 1 aliphatic heterocycles. The van der Waals surface area contributed by atoms with E-state index in [0.29, 0.717) is 37.2 Å². The van der Waals surface area contributed by atoms with Gasteiger partial charge < -0.3 is 14.5 Å². The second-order valence-corrected chi connectivity index (χ2v) is 7.46. The number of ether oxygens (including phenoxy) is 1. The Bertz CT molecular complexity index is 1090. The van der Waals surface area contributed by atoms with E-state index in [1.165, 1.54) is 0 Å². The Kier molecular flexibility index (Phi) is 6.18. The van der Waals surface area contributed by atoms with Crippen LogP contribution in [0.2, 0.25) is 5.15 Å². The first-order chi connectivity index (χ1) is 15.1. The van der Waals surface area contributed by atoms with Crippen LogP contribution in [-0.4, -0.2) is 63.8 Å². The summed E-state index contributed by atoms with van der Waals surface area (Å²) >= 11 is 6.54. The predicted octanol–water partition coefficient (Wildman–Crippen LogP) is 2.99. The van der Waals surface area contributed by atoms with Gasteiger partial charge in [0.25, 0.3) is 0 Å². The molecule has 0 radical (unpaired) electrons. The molecule has 2 aromatic heterocycles. The van der Waals surface area contributed by atoms with Crippen LogP contribution in [0, 0.1) is 6.92 Å². The number of carbonyl (C=O) groups excluding carboxylic acids is 1. The zero-order valence-corrected chi connectivity index (χ0v) is 18.2. The second kappa shape index (κ2) is 9.18. The lowest BCUT2D eigenvalue weighted by atomic mass is 10.2. The minimum atomic E-state index is -0.0562. The number of hydrogen-bond acceptors (Lipinski definition) is 6. The van der Waals surface area contributed by atoms with E-state index in [-0.39, 0.29) is 5.91 Å². The van der Waals surface area contributed by atoms with E-state index in [1.54, 1.807) is 36.3 Å². The fraction of sp³-hybridized carbons (Fsp3) is 0.273. The molecular formula is C22H23ClN6O2. The number of hydrogen-bond donors (Lipinski definition) is 0. The smallest absolute Gasteiger partial charge is 0.246 e. The van der Waals surface area contributed by atoms with E-state index >= 15 is 0 Å². The molecule has 3 heterocycles. The van der Waals surface area contributed by atoms with Gasteiger partial charge in [-0.1, -0.05) is 29.8 Å². The zero-order valence-electron chi connectivity index (χ0n) is 17.4. The highest BCUT2D eigenvalue weighted by atomic mass is 35.5. The Labute approximate surface area is 185 Å². The molecule has 31 heavy (non-hydrogen) atoms. The minimum Gasteiger partial charge on any atom is -0.480 e. The summed E-state index contributed by atoms with van der Waals surface area (Å²) in [6, 6.07) is 9.66. The summed E-state index contributed by atoms with van der Waals surface area (Å²) in [4.78, 5) is 25.2. The zero-order chi connectivity index (χ0) is 21.8. The normalized spacial score (nSPS) is 14.3. The van der Waals surface area contributed by atoms with Gasteiger partial charge in [0.1, 0.15) is 5.15 Å². The van der Waals surface area contributed by atoms with Crippen molar-refractivity contribution in [3.63, 3.8) is 0 Å². The van der Waals surface area contributed by atoms with Gasteiger partial charge in [0.05, 0.1) is 30.9 Å². The molecule has 0 atom stereocenters. The van der Waals surface area contributed by atoms with Crippen molar-refractivity contribution < 1.29 is 9.53 Å². The summed E-state index contributed by atoms with van der Waals surface area (Å²) in [6.45, 7) is 4.42. The van der Waals surface area contributed by atoms with Crippen LogP contribution in [0.3, 0.4) is 0 Å². The van der Waals surface area contributed by atoms with Crippen molar-refractivity contribution in [2.45, 2.75) is 6.92 Å². The monoisotopic (exact) mass is 438 g/mol. The highest BCUT2D eigenvalue weighted by Crippen LogP contribution is 2.25. The largest absolute Gasteiger partial charge is 0.480 e. The van der Waals surface area contributed by atoms with Crippen LogP contribution in [0.5, 0.6) is 5.88 Å². The van der Waals surface area contributed by atoms with Crippen molar-refractivity contribution in [2.24, 2.45) is 0 Å². The number of carbonyl (C=O) groups is 1. The molecule has 1 fully saturated rings. The summed E-state index contributed by atoms with van der Waals surface area (Å²) in [6.07, 6.45) is 6.58. The van der Waals surface area contributed by atoms with Gasteiger partial charge >= 0.3 is 0 Å². The molecule has 0 saturated carbocycles. The number of piperazine rings is 1. The van der Waals surface area contributed by atoms with Gasteiger partial charge in [0.2, 0.25) is 11.8 Å². The number of aromatic nitrogens is 4. The Morgan fingerprint density at radius 1 is 1.13 bits per heavy atom. The molecule has 0 unspecified atom stereocenters. The van der Waals surface area contributed by atoms with Gasteiger partial charge in [0.15, 0.2) is 5.82 Å². The Hall–Kier alpha value is -3.39. The van der Waals surface area contributed by atoms with Crippen LogP contribution >= 0.6 is 11.6 Å². The molecule has 0 N–H and O–H groups in total. The number of benzene rings is 1. The molecule has 9 heteroatoms. The van der Waals surface area contributed by atoms with Crippen molar-refractivity contribution in [1.29, 1.82) is 0 Å². The molecule has 8 nitrogen and oxygen atoms in total. The summed E-state index contributed by atoms with van der Waals surface area (Å²) in [7, 11) is 1.56. The molecule has 0 spiro atoms. The highest BCUT2D eigenvalue weighted by molar-refractivity contribution is 6.31. The lowest BCUT2D eigenvalue weighted by Gasteiger charge is -2.34. The number of anilines is 1. The average molecular weight is 439 g/mol.